The van der Waals surface area contributed by atoms with Gasteiger partial charge in [-0.05, 0) is 30.2 Å². The minimum absolute atomic E-state index is 0.532. The summed E-state index contributed by atoms with van der Waals surface area (Å²) in [5, 5.41) is 3.40. The number of hydrogen-bond donors (Lipinski definition) is 1. The van der Waals surface area contributed by atoms with Gasteiger partial charge in [0.15, 0.2) is 11.5 Å². The lowest BCUT2D eigenvalue weighted by Gasteiger charge is -2.13. The molecule has 1 aliphatic rings. The maximum Gasteiger partial charge on any atom is 0.161 e. The van der Waals surface area contributed by atoms with Crippen LogP contribution in [0.2, 0.25) is 0 Å². The minimum atomic E-state index is 0.532. The summed E-state index contributed by atoms with van der Waals surface area (Å²) in [6.07, 6.45) is 3.19. The second-order valence-corrected chi connectivity index (χ2v) is 5.41. The molecule has 1 aromatic carbocycles. The first-order valence-corrected chi connectivity index (χ1v) is 7.51. The van der Waals surface area contributed by atoms with E-state index in [4.69, 9.17) is 9.47 Å². The molecule has 0 fully saturated rings. The minimum Gasteiger partial charge on any atom is -0.490 e. The van der Waals surface area contributed by atoms with Crippen LogP contribution in [0.1, 0.15) is 32.8 Å². The van der Waals surface area contributed by atoms with Crippen LogP contribution >= 0.6 is 0 Å². The Morgan fingerprint density at radius 1 is 1.25 bits per heavy atom. The molecule has 3 heteroatoms. The molecule has 2 rings (SSSR count). The maximum atomic E-state index is 5.74. The van der Waals surface area contributed by atoms with Crippen LogP contribution in [-0.4, -0.2) is 26.3 Å². The standard InChI is InChI=1S/C17H25NO2/c1-4-18-12-15(13(2)3)10-14-6-7-16-17(11-14)20-9-5-8-19-16/h6-7,10-11,13,18H,4-5,8-9,12H2,1-3H3. The quantitative estimate of drug-likeness (QED) is 0.892. The Hall–Kier alpha value is -1.48. The topological polar surface area (TPSA) is 30.5 Å². The van der Waals surface area contributed by atoms with Gasteiger partial charge in [0, 0.05) is 13.0 Å². The van der Waals surface area contributed by atoms with Gasteiger partial charge >= 0.3 is 0 Å². The lowest BCUT2D eigenvalue weighted by molar-refractivity contribution is 0.297. The molecular formula is C17H25NO2. The normalized spacial score (nSPS) is 15.3. The lowest BCUT2D eigenvalue weighted by Crippen LogP contribution is -2.18. The molecule has 1 heterocycles. The van der Waals surface area contributed by atoms with Gasteiger partial charge in [0.2, 0.25) is 0 Å². The number of ether oxygens (including phenoxy) is 2. The highest BCUT2D eigenvalue weighted by Gasteiger charge is 2.10. The van der Waals surface area contributed by atoms with Crippen molar-refractivity contribution in [3.05, 3.63) is 29.3 Å². The van der Waals surface area contributed by atoms with Crippen molar-refractivity contribution >= 4 is 6.08 Å². The lowest BCUT2D eigenvalue weighted by atomic mass is 10.00. The molecule has 0 spiro atoms. The predicted molar refractivity (Wildman–Crippen MR) is 83.4 cm³/mol. The summed E-state index contributed by atoms with van der Waals surface area (Å²) >= 11 is 0. The summed E-state index contributed by atoms with van der Waals surface area (Å²) in [4.78, 5) is 0. The van der Waals surface area contributed by atoms with Crippen molar-refractivity contribution in [3.63, 3.8) is 0 Å². The highest BCUT2D eigenvalue weighted by atomic mass is 16.5. The van der Waals surface area contributed by atoms with E-state index in [9.17, 15) is 0 Å². The van der Waals surface area contributed by atoms with Crippen molar-refractivity contribution in [2.45, 2.75) is 27.2 Å². The van der Waals surface area contributed by atoms with Crippen molar-refractivity contribution in [2.24, 2.45) is 5.92 Å². The second-order valence-electron chi connectivity index (χ2n) is 5.41. The van der Waals surface area contributed by atoms with Crippen molar-refractivity contribution in [1.82, 2.24) is 5.32 Å². The summed E-state index contributed by atoms with van der Waals surface area (Å²) in [6.45, 7) is 9.98. The van der Waals surface area contributed by atoms with Gasteiger partial charge in [-0.25, -0.2) is 0 Å². The van der Waals surface area contributed by atoms with E-state index in [1.165, 1.54) is 11.1 Å². The second kappa shape index (κ2) is 7.34. The van der Waals surface area contributed by atoms with Crippen LogP contribution in [0.5, 0.6) is 11.5 Å². The van der Waals surface area contributed by atoms with E-state index in [2.05, 4.69) is 44.3 Å². The highest BCUT2D eigenvalue weighted by Crippen LogP contribution is 2.31. The molecular weight excluding hydrogens is 250 g/mol. The first kappa shape index (κ1) is 14.9. The Morgan fingerprint density at radius 3 is 2.70 bits per heavy atom. The summed E-state index contributed by atoms with van der Waals surface area (Å²) in [6, 6.07) is 6.19. The van der Waals surface area contributed by atoms with E-state index in [0.29, 0.717) is 5.92 Å². The van der Waals surface area contributed by atoms with E-state index in [1.54, 1.807) is 0 Å². The molecule has 3 nitrogen and oxygen atoms in total. The zero-order valence-corrected chi connectivity index (χ0v) is 12.7. The van der Waals surface area contributed by atoms with Crippen molar-refractivity contribution in [2.75, 3.05) is 26.3 Å². The SMILES string of the molecule is CCNCC(=Cc1ccc2c(c1)OCCCO2)C(C)C. The molecule has 0 amide bonds. The molecule has 0 saturated heterocycles. The van der Waals surface area contributed by atoms with E-state index in [-0.39, 0.29) is 0 Å². The third-order valence-corrected chi connectivity index (χ3v) is 3.44. The van der Waals surface area contributed by atoms with E-state index >= 15 is 0 Å². The Kier molecular flexibility index (Phi) is 5.48. The number of rotatable bonds is 5. The highest BCUT2D eigenvalue weighted by molar-refractivity contribution is 5.58. The van der Waals surface area contributed by atoms with Crippen LogP contribution in [0.25, 0.3) is 6.08 Å². The summed E-state index contributed by atoms with van der Waals surface area (Å²) in [7, 11) is 0. The fraction of sp³-hybridized carbons (Fsp3) is 0.529. The molecule has 0 bridgehead atoms. The van der Waals surface area contributed by atoms with Crippen LogP contribution in [0, 0.1) is 5.92 Å². The van der Waals surface area contributed by atoms with Crippen LogP contribution in [0.15, 0.2) is 23.8 Å². The zero-order valence-electron chi connectivity index (χ0n) is 12.7. The van der Waals surface area contributed by atoms with E-state index in [0.717, 1.165) is 44.2 Å². The first-order chi connectivity index (χ1) is 9.70. The molecule has 0 atom stereocenters. The Labute approximate surface area is 122 Å². The van der Waals surface area contributed by atoms with Crippen LogP contribution in [0.4, 0.5) is 0 Å². The third-order valence-electron chi connectivity index (χ3n) is 3.44. The maximum absolute atomic E-state index is 5.74. The van der Waals surface area contributed by atoms with Crippen molar-refractivity contribution in [1.29, 1.82) is 0 Å². The molecule has 1 aromatic rings. The summed E-state index contributed by atoms with van der Waals surface area (Å²) in [5.41, 5.74) is 2.58. The molecule has 20 heavy (non-hydrogen) atoms. The Morgan fingerprint density at radius 2 is 2.00 bits per heavy atom. The smallest absolute Gasteiger partial charge is 0.161 e. The molecule has 0 radical (unpaired) electrons. The molecule has 0 saturated carbocycles. The fourth-order valence-corrected chi connectivity index (χ4v) is 2.17. The number of benzene rings is 1. The van der Waals surface area contributed by atoms with Gasteiger partial charge < -0.3 is 14.8 Å². The molecule has 1 aliphatic heterocycles. The van der Waals surface area contributed by atoms with Gasteiger partial charge in [-0.2, -0.15) is 0 Å². The van der Waals surface area contributed by atoms with Gasteiger partial charge in [-0.1, -0.05) is 38.5 Å². The van der Waals surface area contributed by atoms with E-state index in [1.807, 2.05) is 6.07 Å². The molecule has 0 aliphatic carbocycles. The molecule has 0 aromatic heterocycles. The zero-order chi connectivity index (χ0) is 14.4. The average molecular weight is 275 g/mol. The van der Waals surface area contributed by atoms with Gasteiger partial charge in [0.1, 0.15) is 0 Å². The number of fused-ring (bicyclic) bond motifs is 1. The number of nitrogens with one attached hydrogen (secondary N) is 1. The monoisotopic (exact) mass is 275 g/mol. The number of likely N-dealkylation sites (N-methyl/N-ethyl adjacent to an activating group) is 1. The predicted octanol–water partition coefficient (Wildman–Crippen LogP) is 3.50. The summed E-state index contributed by atoms with van der Waals surface area (Å²) < 4.78 is 11.4. The Bertz CT molecular complexity index is 466. The Balaban J connectivity index is 2.20. The molecule has 110 valence electrons. The molecule has 0 unspecified atom stereocenters. The van der Waals surface area contributed by atoms with Crippen LogP contribution < -0.4 is 14.8 Å². The van der Waals surface area contributed by atoms with Gasteiger partial charge in [-0.3, -0.25) is 0 Å². The summed E-state index contributed by atoms with van der Waals surface area (Å²) in [5.74, 6) is 2.25. The molecule has 1 N–H and O–H groups in total. The van der Waals surface area contributed by atoms with Crippen molar-refractivity contribution in [3.8, 4) is 11.5 Å². The van der Waals surface area contributed by atoms with Gasteiger partial charge in [0.05, 0.1) is 13.2 Å². The third kappa shape index (κ3) is 4.01. The van der Waals surface area contributed by atoms with Gasteiger partial charge in [-0.15, -0.1) is 0 Å². The van der Waals surface area contributed by atoms with Crippen molar-refractivity contribution < 1.29 is 9.47 Å². The van der Waals surface area contributed by atoms with Crippen LogP contribution in [-0.2, 0) is 0 Å². The van der Waals surface area contributed by atoms with Crippen LogP contribution in [0.3, 0.4) is 0 Å². The largest absolute Gasteiger partial charge is 0.490 e. The van der Waals surface area contributed by atoms with E-state index < -0.39 is 0 Å². The van der Waals surface area contributed by atoms with Gasteiger partial charge in [0.25, 0.3) is 0 Å². The fourth-order valence-electron chi connectivity index (χ4n) is 2.17. The average Bonchev–Trinajstić information content (AvgIpc) is 2.67. The first-order valence-electron chi connectivity index (χ1n) is 7.51. The number of hydrogen-bond acceptors (Lipinski definition) is 3.